The lowest BCUT2D eigenvalue weighted by molar-refractivity contribution is 0.528. The summed E-state index contributed by atoms with van der Waals surface area (Å²) in [7, 11) is 0. The fourth-order valence-corrected chi connectivity index (χ4v) is 6.25. The second-order valence-electron chi connectivity index (χ2n) is 25.6. The van der Waals surface area contributed by atoms with Crippen molar-refractivity contribution in [1.29, 1.82) is 0 Å². The highest BCUT2D eigenvalue weighted by Gasteiger charge is 2.27. The van der Waals surface area contributed by atoms with E-state index in [4.69, 9.17) is 0 Å². The predicted molar refractivity (Wildman–Crippen MR) is 295 cm³/mol. The third kappa shape index (κ3) is 21.4. The molecule has 70 heavy (non-hydrogen) atoms. The van der Waals surface area contributed by atoms with Crippen molar-refractivity contribution >= 4 is 0 Å². The summed E-state index contributed by atoms with van der Waals surface area (Å²) in [5.41, 5.74) is 11.2. The lowest BCUT2D eigenvalue weighted by atomic mass is 9.88. The van der Waals surface area contributed by atoms with Gasteiger partial charge < -0.3 is 0 Å². The standard InChI is InChI=1S/C12H17N.C11H16N2.C10H18N2.C10H15N.C9H14N2.C9H13N/c1-12(2,3)10-6-7-11(13-8-10)9-4-5-9;1-11(2,3)9-6-12-10(13-7-9)8-4-5-8;1-8(2)12-7-9(6-11-12)10(3,4)5;1-8-5-6-9(7-11-8)10(2,3)4;1-7-10-5-8(6-11-7)9(2,3)4;1-9(2,3)8-5-4-6-10-7-8/h6-9H,4-5H2,1-3H3;6-8H,4-5H2,1-3H3;6-8H,1-5H3;5-7H,1-4H3;5-6H,1-4H3;4-7H,1-3H3. The molecule has 6 aromatic rings. The Morgan fingerprint density at radius 2 is 0.843 bits per heavy atom. The average molecular weight is 952 g/mol. The number of rotatable bonds is 3. The van der Waals surface area contributed by atoms with E-state index in [-0.39, 0.29) is 32.5 Å². The summed E-state index contributed by atoms with van der Waals surface area (Å²) in [6.45, 7) is 47.6. The molecule has 0 atom stereocenters. The highest BCUT2D eigenvalue weighted by atomic mass is 15.3. The molecule has 0 spiro atoms. The third-order valence-corrected chi connectivity index (χ3v) is 12.1. The van der Waals surface area contributed by atoms with Gasteiger partial charge in [-0.1, -0.05) is 143 Å². The molecule has 2 aliphatic rings. The van der Waals surface area contributed by atoms with E-state index >= 15 is 0 Å². The maximum absolute atomic E-state index is 4.51. The van der Waals surface area contributed by atoms with Crippen LogP contribution in [0.25, 0.3) is 0 Å². The van der Waals surface area contributed by atoms with Crippen molar-refractivity contribution in [3.8, 4) is 0 Å². The van der Waals surface area contributed by atoms with Crippen LogP contribution in [0.5, 0.6) is 0 Å². The third-order valence-electron chi connectivity index (χ3n) is 12.1. The first-order chi connectivity index (χ1) is 32.2. The molecule has 0 radical (unpaired) electrons. The minimum Gasteiger partial charge on any atom is -0.270 e. The van der Waals surface area contributed by atoms with Gasteiger partial charge in [-0.05, 0) is 137 Å². The van der Waals surface area contributed by atoms with Crippen molar-refractivity contribution in [3.05, 3.63) is 155 Å². The van der Waals surface area contributed by atoms with Crippen LogP contribution in [0, 0.1) is 13.8 Å². The zero-order valence-electron chi connectivity index (χ0n) is 47.8. The number of aryl methyl sites for hydroxylation is 2. The van der Waals surface area contributed by atoms with E-state index in [0.29, 0.717) is 12.0 Å². The van der Waals surface area contributed by atoms with Crippen LogP contribution in [0.1, 0.15) is 238 Å². The molecular formula is C61H93N9. The SMILES string of the molecule is CC(C)(C)c1ccc(C2CC2)nc1.CC(C)(C)c1cccnc1.CC(C)(C)c1cnc(C2CC2)nc1.CC(C)n1cc(C(C)(C)C)cn1.Cc1ccc(C(C)(C)C)cn1.Cc1ncc(C(C)(C)C)cn1. The largest absolute Gasteiger partial charge is 0.270 e. The Balaban J connectivity index is 0.000000223. The molecule has 0 aliphatic heterocycles. The molecule has 0 saturated heterocycles. The van der Waals surface area contributed by atoms with Gasteiger partial charge in [-0.3, -0.25) is 19.6 Å². The van der Waals surface area contributed by atoms with Gasteiger partial charge in [0.05, 0.1) is 6.20 Å². The summed E-state index contributed by atoms with van der Waals surface area (Å²) in [4.78, 5) is 29.9. The van der Waals surface area contributed by atoms with E-state index in [9.17, 15) is 0 Å². The van der Waals surface area contributed by atoms with E-state index < -0.39 is 0 Å². The Morgan fingerprint density at radius 1 is 0.429 bits per heavy atom. The summed E-state index contributed by atoms with van der Waals surface area (Å²) in [5, 5.41) is 4.30. The Morgan fingerprint density at radius 3 is 1.16 bits per heavy atom. The van der Waals surface area contributed by atoms with Crippen LogP contribution in [-0.4, -0.2) is 44.7 Å². The van der Waals surface area contributed by atoms with Gasteiger partial charge in [0.2, 0.25) is 0 Å². The van der Waals surface area contributed by atoms with Crippen molar-refractivity contribution in [2.75, 3.05) is 0 Å². The van der Waals surface area contributed by atoms with E-state index in [1.54, 1.807) is 6.20 Å². The molecule has 8 rings (SSSR count). The first kappa shape index (κ1) is 59.1. The second kappa shape index (κ2) is 24.8. The van der Waals surface area contributed by atoms with Crippen molar-refractivity contribution in [2.45, 2.75) is 228 Å². The monoisotopic (exact) mass is 952 g/mol. The Kier molecular flexibility index (Phi) is 20.9. The minimum atomic E-state index is 0.160. The fraction of sp³-hybridized carbons (Fsp3) is 0.574. The van der Waals surface area contributed by atoms with Crippen molar-refractivity contribution < 1.29 is 0 Å². The molecule has 2 saturated carbocycles. The maximum atomic E-state index is 4.51. The smallest absolute Gasteiger partial charge is 0.131 e. The molecule has 9 heteroatoms. The molecule has 0 aromatic carbocycles. The van der Waals surface area contributed by atoms with E-state index in [1.807, 2.05) is 74.2 Å². The Hall–Kier alpha value is -5.18. The molecule has 0 bridgehead atoms. The number of nitrogens with zero attached hydrogens (tertiary/aromatic N) is 9. The minimum absolute atomic E-state index is 0.160. The average Bonchev–Trinajstić information content (AvgIpc) is 4.22. The summed E-state index contributed by atoms with van der Waals surface area (Å²) in [6, 6.07) is 13.1. The van der Waals surface area contributed by atoms with Crippen LogP contribution in [0.4, 0.5) is 0 Å². The zero-order chi connectivity index (χ0) is 52.9. The van der Waals surface area contributed by atoms with Gasteiger partial charge in [0.15, 0.2) is 0 Å². The van der Waals surface area contributed by atoms with E-state index in [0.717, 1.165) is 23.3 Å². The summed E-state index contributed by atoms with van der Waals surface area (Å²) >= 11 is 0. The summed E-state index contributed by atoms with van der Waals surface area (Å²) in [6.07, 6.45) is 24.7. The predicted octanol–water partition coefficient (Wildman–Crippen LogP) is 15.8. The van der Waals surface area contributed by atoms with Gasteiger partial charge in [-0.25, -0.2) is 19.9 Å². The van der Waals surface area contributed by atoms with Crippen molar-refractivity contribution in [3.63, 3.8) is 0 Å². The van der Waals surface area contributed by atoms with Gasteiger partial charge >= 0.3 is 0 Å². The molecule has 0 unspecified atom stereocenters. The maximum Gasteiger partial charge on any atom is 0.131 e. The van der Waals surface area contributed by atoms with Crippen LogP contribution in [-0.2, 0) is 32.5 Å². The van der Waals surface area contributed by atoms with Crippen molar-refractivity contribution in [1.82, 2.24) is 44.7 Å². The van der Waals surface area contributed by atoms with Crippen LogP contribution in [0.15, 0.2) is 98.4 Å². The summed E-state index contributed by atoms with van der Waals surface area (Å²) < 4.78 is 2.00. The van der Waals surface area contributed by atoms with E-state index in [1.165, 1.54) is 64.8 Å². The highest BCUT2D eigenvalue weighted by Crippen LogP contribution is 2.39. The molecule has 382 valence electrons. The lowest BCUT2D eigenvalue weighted by Crippen LogP contribution is -2.12. The van der Waals surface area contributed by atoms with Gasteiger partial charge in [-0.2, -0.15) is 5.10 Å². The molecule has 6 aromatic heterocycles. The molecular weight excluding hydrogens is 859 g/mol. The molecule has 9 nitrogen and oxygen atoms in total. The number of hydrogen-bond acceptors (Lipinski definition) is 8. The van der Waals surface area contributed by atoms with Crippen LogP contribution < -0.4 is 0 Å². The molecule has 0 amide bonds. The van der Waals surface area contributed by atoms with Crippen LogP contribution in [0.2, 0.25) is 0 Å². The number of pyridine rings is 3. The van der Waals surface area contributed by atoms with E-state index in [2.05, 4.69) is 215 Å². The topological polar surface area (TPSA) is 108 Å². The molecule has 2 fully saturated rings. The highest BCUT2D eigenvalue weighted by molar-refractivity contribution is 5.25. The van der Waals surface area contributed by atoms with Gasteiger partial charge in [0.25, 0.3) is 0 Å². The van der Waals surface area contributed by atoms with Crippen molar-refractivity contribution in [2.24, 2.45) is 0 Å². The second-order valence-corrected chi connectivity index (χ2v) is 25.6. The number of aromatic nitrogens is 9. The quantitative estimate of drug-likeness (QED) is 0.173. The van der Waals surface area contributed by atoms with Gasteiger partial charge in [0.1, 0.15) is 11.6 Å². The Labute approximate surface area is 426 Å². The zero-order valence-corrected chi connectivity index (χ0v) is 47.8. The van der Waals surface area contributed by atoms with Gasteiger partial charge in [-0.15, -0.1) is 0 Å². The van der Waals surface area contributed by atoms with Gasteiger partial charge in [0, 0.05) is 85.0 Å². The van der Waals surface area contributed by atoms with Crippen LogP contribution in [0.3, 0.4) is 0 Å². The lowest BCUT2D eigenvalue weighted by Gasteiger charge is -2.18. The molecule has 6 heterocycles. The normalized spacial score (nSPS) is 13.9. The number of hydrogen-bond donors (Lipinski definition) is 0. The first-order valence-corrected chi connectivity index (χ1v) is 25.6. The summed E-state index contributed by atoms with van der Waals surface area (Å²) in [5.74, 6) is 3.30. The Bertz CT molecular complexity index is 2260. The first-order valence-electron chi connectivity index (χ1n) is 25.6. The van der Waals surface area contributed by atoms with Crippen LogP contribution >= 0.6 is 0 Å². The molecule has 0 N–H and O–H groups in total. The molecule has 2 aliphatic carbocycles. The fourth-order valence-electron chi connectivity index (χ4n) is 6.25.